The van der Waals surface area contributed by atoms with Gasteiger partial charge in [-0.15, -0.1) is 0 Å². The van der Waals surface area contributed by atoms with E-state index in [-0.39, 0.29) is 0 Å². The zero-order valence-electron chi connectivity index (χ0n) is 11.4. The largest absolute Gasteiger partial charge is 0.481 e. The molecule has 18 heavy (non-hydrogen) atoms. The Bertz CT molecular complexity index is 370. The fourth-order valence-electron chi connectivity index (χ4n) is 2.59. The highest BCUT2D eigenvalue weighted by atomic mass is 16.5. The summed E-state index contributed by atoms with van der Waals surface area (Å²) in [5.41, 5.74) is 1.13. The maximum atomic E-state index is 5.25. The lowest BCUT2D eigenvalue weighted by Crippen LogP contribution is -2.37. The Morgan fingerprint density at radius 3 is 3.22 bits per heavy atom. The maximum Gasteiger partial charge on any atom is 0.217 e. The van der Waals surface area contributed by atoms with Crippen molar-refractivity contribution < 1.29 is 4.74 Å². The Hall–Kier alpha value is -1.13. The smallest absolute Gasteiger partial charge is 0.217 e. The van der Waals surface area contributed by atoms with Crippen LogP contribution in [0.5, 0.6) is 5.88 Å². The second-order valence-corrected chi connectivity index (χ2v) is 5.07. The van der Waals surface area contributed by atoms with Gasteiger partial charge in [0.1, 0.15) is 0 Å². The highest BCUT2D eigenvalue weighted by Crippen LogP contribution is 2.16. The van der Waals surface area contributed by atoms with Crippen LogP contribution in [-0.2, 0) is 6.54 Å². The number of methoxy groups -OCH3 is 1. The van der Waals surface area contributed by atoms with Gasteiger partial charge in [0.15, 0.2) is 0 Å². The summed E-state index contributed by atoms with van der Waals surface area (Å²) >= 11 is 0. The first-order chi connectivity index (χ1) is 8.79. The molecule has 4 nitrogen and oxygen atoms in total. The molecule has 1 saturated heterocycles. The van der Waals surface area contributed by atoms with Crippen molar-refractivity contribution in [3.63, 3.8) is 0 Å². The van der Waals surface area contributed by atoms with Crippen molar-refractivity contribution in [3.05, 3.63) is 23.9 Å². The molecule has 1 aromatic heterocycles. The van der Waals surface area contributed by atoms with E-state index in [0.29, 0.717) is 0 Å². The molecule has 4 heteroatoms. The third kappa shape index (κ3) is 3.68. The number of hydrogen-bond acceptors (Lipinski definition) is 4. The Balaban J connectivity index is 1.77. The minimum Gasteiger partial charge on any atom is -0.481 e. The Kier molecular flexibility index (Phi) is 4.96. The molecule has 100 valence electrons. The van der Waals surface area contributed by atoms with Gasteiger partial charge in [0.05, 0.1) is 7.11 Å². The molecule has 0 bridgehead atoms. The summed E-state index contributed by atoms with van der Waals surface area (Å²) in [5.74, 6) is 1.50. The van der Waals surface area contributed by atoms with Crippen LogP contribution in [0.25, 0.3) is 0 Å². The number of piperidine rings is 1. The number of nitrogens with zero attached hydrogens (tertiary/aromatic N) is 2. The Morgan fingerprint density at radius 1 is 1.56 bits per heavy atom. The number of likely N-dealkylation sites (tertiary alicyclic amines) is 1. The van der Waals surface area contributed by atoms with Gasteiger partial charge < -0.3 is 15.0 Å². The molecule has 1 aromatic rings. The van der Waals surface area contributed by atoms with Gasteiger partial charge in [-0.2, -0.15) is 0 Å². The first kappa shape index (κ1) is 13.3. The van der Waals surface area contributed by atoms with Crippen molar-refractivity contribution in [2.45, 2.75) is 19.4 Å². The van der Waals surface area contributed by atoms with E-state index in [1.54, 1.807) is 13.3 Å². The van der Waals surface area contributed by atoms with E-state index in [0.717, 1.165) is 30.5 Å². The number of ether oxygens (including phenoxy) is 1. The Labute approximate surface area is 109 Å². The van der Waals surface area contributed by atoms with E-state index in [4.69, 9.17) is 4.74 Å². The molecule has 0 amide bonds. The van der Waals surface area contributed by atoms with Crippen LogP contribution < -0.4 is 10.1 Å². The zero-order chi connectivity index (χ0) is 12.8. The predicted octanol–water partition coefficient (Wildman–Crippen LogP) is 1.52. The van der Waals surface area contributed by atoms with Crippen molar-refractivity contribution in [2.24, 2.45) is 5.92 Å². The summed E-state index contributed by atoms with van der Waals surface area (Å²) in [5, 5.41) is 3.52. The lowest BCUT2D eigenvalue weighted by atomic mass is 9.98. The number of pyridine rings is 1. The van der Waals surface area contributed by atoms with Gasteiger partial charge in [0.25, 0.3) is 0 Å². The van der Waals surface area contributed by atoms with E-state index in [2.05, 4.69) is 28.3 Å². The molecule has 0 radical (unpaired) electrons. The molecular formula is C14H23N3O. The van der Waals surface area contributed by atoms with Crippen LogP contribution >= 0.6 is 0 Å². The SMILES string of the molecule is COc1ncccc1CNCC1CCCN(C)C1. The van der Waals surface area contributed by atoms with Crippen LogP contribution in [0.15, 0.2) is 18.3 Å². The standard InChI is InChI=1S/C14H23N3O/c1-17-8-4-5-12(11-17)9-15-10-13-6-3-7-16-14(13)18-2/h3,6-7,12,15H,4-5,8-11H2,1-2H3. The molecule has 0 spiro atoms. The maximum absolute atomic E-state index is 5.25. The quantitative estimate of drug-likeness (QED) is 0.858. The first-order valence-electron chi connectivity index (χ1n) is 6.66. The summed E-state index contributed by atoms with van der Waals surface area (Å²) in [6, 6.07) is 4.01. The van der Waals surface area contributed by atoms with Gasteiger partial charge in [-0.05, 0) is 45.0 Å². The molecular weight excluding hydrogens is 226 g/mol. The van der Waals surface area contributed by atoms with Gasteiger partial charge in [-0.3, -0.25) is 0 Å². The molecule has 2 heterocycles. The third-order valence-electron chi connectivity index (χ3n) is 3.51. The molecule has 0 aliphatic carbocycles. The van der Waals surface area contributed by atoms with Crippen molar-refractivity contribution in [3.8, 4) is 5.88 Å². The molecule has 0 saturated carbocycles. The van der Waals surface area contributed by atoms with E-state index in [9.17, 15) is 0 Å². The van der Waals surface area contributed by atoms with Gasteiger partial charge in [-0.1, -0.05) is 6.07 Å². The zero-order valence-corrected chi connectivity index (χ0v) is 11.4. The van der Waals surface area contributed by atoms with Crippen LogP contribution in [0, 0.1) is 5.92 Å². The van der Waals surface area contributed by atoms with Crippen LogP contribution in [0.3, 0.4) is 0 Å². The van der Waals surface area contributed by atoms with E-state index < -0.39 is 0 Å². The average Bonchev–Trinajstić information content (AvgIpc) is 2.39. The van der Waals surface area contributed by atoms with E-state index in [1.165, 1.54) is 25.9 Å². The van der Waals surface area contributed by atoms with Gasteiger partial charge in [-0.25, -0.2) is 4.98 Å². The third-order valence-corrected chi connectivity index (χ3v) is 3.51. The fraction of sp³-hybridized carbons (Fsp3) is 0.643. The number of hydrogen-bond donors (Lipinski definition) is 1. The number of rotatable bonds is 5. The lowest BCUT2D eigenvalue weighted by molar-refractivity contribution is 0.206. The number of nitrogens with one attached hydrogen (secondary N) is 1. The summed E-state index contributed by atoms with van der Waals surface area (Å²) < 4.78 is 5.25. The van der Waals surface area contributed by atoms with Gasteiger partial charge >= 0.3 is 0 Å². The molecule has 0 aromatic carbocycles. The average molecular weight is 249 g/mol. The molecule has 1 N–H and O–H groups in total. The summed E-state index contributed by atoms with van der Waals surface area (Å²) in [6.07, 6.45) is 4.42. The van der Waals surface area contributed by atoms with Gasteiger partial charge in [0.2, 0.25) is 5.88 Å². The highest BCUT2D eigenvalue weighted by Gasteiger charge is 2.16. The minimum absolute atomic E-state index is 0.728. The lowest BCUT2D eigenvalue weighted by Gasteiger charge is -2.29. The second-order valence-electron chi connectivity index (χ2n) is 5.07. The summed E-state index contributed by atoms with van der Waals surface area (Å²) in [4.78, 5) is 6.62. The Morgan fingerprint density at radius 2 is 2.44 bits per heavy atom. The van der Waals surface area contributed by atoms with Crippen LogP contribution in [0.1, 0.15) is 18.4 Å². The van der Waals surface area contributed by atoms with E-state index >= 15 is 0 Å². The molecule has 1 unspecified atom stereocenters. The topological polar surface area (TPSA) is 37.4 Å². The predicted molar refractivity (Wildman–Crippen MR) is 72.7 cm³/mol. The van der Waals surface area contributed by atoms with Crippen molar-refractivity contribution in [1.29, 1.82) is 0 Å². The second kappa shape index (κ2) is 6.71. The van der Waals surface area contributed by atoms with Crippen molar-refractivity contribution in [1.82, 2.24) is 15.2 Å². The van der Waals surface area contributed by atoms with E-state index in [1.807, 2.05) is 6.07 Å². The molecule has 1 aliphatic heterocycles. The molecule has 1 fully saturated rings. The van der Waals surface area contributed by atoms with Crippen LogP contribution in [0.4, 0.5) is 0 Å². The fourth-order valence-corrected chi connectivity index (χ4v) is 2.59. The van der Waals surface area contributed by atoms with Crippen LogP contribution in [-0.4, -0.2) is 43.7 Å². The van der Waals surface area contributed by atoms with Crippen LogP contribution in [0.2, 0.25) is 0 Å². The van der Waals surface area contributed by atoms with Crippen molar-refractivity contribution >= 4 is 0 Å². The monoisotopic (exact) mass is 249 g/mol. The molecule has 2 rings (SSSR count). The van der Waals surface area contributed by atoms with Gasteiger partial charge in [0, 0.05) is 24.8 Å². The normalized spacial score (nSPS) is 20.9. The number of aromatic nitrogens is 1. The van der Waals surface area contributed by atoms with Crippen molar-refractivity contribution in [2.75, 3.05) is 33.8 Å². The molecule has 1 atom stereocenters. The summed E-state index contributed by atoms with van der Waals surface area (Å²) in [6.45, 7) is 4.35. The first-order valence-corrected chi connectivity index (χ1v) is 6.66. The summed E-state index contributed by atoms with van der Waals surface area (Å²) in [7, 11) is 3.87. The highest BCUT2D eigenvalue weighted by molar-refractivity contribution is 5.24. The molecule has 1 aliphatic rings. The minimum atomic E-state index is 0.728.